The molecule has 3 heterocycles. The van der Waals surface area contributed by atoms with Gasteiger partial charge in [0.15, 0.2) is 10.8 Å². The monoisotopic (exact) mass is 440 g/mol. The molecular weight excluding hydrogens is 424 g/mol. The van der Waals surface area contributed by atoms with E-state index in [4.69, 9.17) is 20.4 Å². The summed E-state index contributed by atoms with van der Waals surface area (Å²) in [5, 5.41) is 11.5. The average molecular weight is 441 g/mol. The highest BCUT2D eigenvalue weighted by atomic mass is 35.5. The van der Waals surface area contributed by atoms with Gasteiger partial charge in [-0.15, -0.1) is 21.5 Å². The standard InChI is InChI=1S/C21H17ClN4O3S/c22-14-5-3-13(4-6-14)20-25-24-18(29-20)11-26(16-7-8-16)19(27)10-15-12-30-21(23-15)17-2-1-9-28-17/h1-6,9,12,16H,7-8,10-11H2. The van der Waals surface area contributed by atoms with Crippen molar-refractivity contribution in [3.63, 3.8) is 0 Å². The fraction of sp³-hybridized carbons (Fsp3) is 0.238. The molecule has 0 atom stereocenters. The molecule has 30 heavy (non-hydrogen) atoms. The highest BCUT2D eigenvalue weighted by molar-refractivity contribution is 7.13. The summed E-state index contributed by atoms with van der Waals surface area (Å²) in [5.74, 6) is 1.53. The van der Waals surface area contributed by atoms with Gasteiger partial charge < -0.3 is 13.7 Å². The summed E-state index contributed by atoms with van der Waals surface area (Å²) >= 11 is 7.39. The number of rotatable bonds is 7. The van der Waals surface area contributed by atoms with Gasteiger partial charge in [-0.3, -0.25) is 4.79 Å². The number of benzene rings is 1. The number of thiazole rings is 1. The molecule has 0 radical (unpaired) electrons. The van der Waals surface area contributed by atoms with Gasteiger partial charge in [-0.1, -0.05) is 11.6 Å². The highest BCUT2D eigenvalue weighted by Gasteiger charge is 2.34. The summed E-state index contributed by atoms with van der Waals surface area (Å²) in [5.41, 5.74) is 1.52. The van der Waals surface area contributed by atoms with Gasteiger partial charge in [0.1, 0.15) is 0 Å². The van der Waals surface area contributed by atoms with E-state index in [2.05, 4.69) is 15.2 Å². The Bertz CT molecular complexity index is 1150. The second-order valence-corrected chi connectivity index (χ2v) is 8.35. The molecule has 9 heteroatoms. The van der Waals surface area contributed by atoms with Crippen LogP contribution in [0, 0.1) is 0 Å². The number of nitrogens with zero attached hydrogens (tertiary/aromatic N) is 4. The van der Waals surface area contributed by atoms with Crippen LogP contribution in [0.25, 0.3) is 22.2 Å². The minimum absolute atomic E-state index is 0.0000350. The van der Waals surface area contributed by atoms with Crippen LogP contribution < -0.4 is 0 Å². The van der Waals surface area contributed by atoms with E-state index in [-0.39, 0.29) is 18.4 Å². The molecule has 0 unspecified atom stereocenters. The number of hydrogen-bond acceptors (Lipinski definition) is 7. The summed E-state index contributed by atoms with van der Waals surface area (Å²) in [6, 6.07) is 11.1. The zero-order valence-corrected chi connectivity index (χ0v) is 17.4. The molecule has 0 aliphatic heterocycles. The molecule has 1 saturated carbocycles. The maximum atomic E-state index is 13.0. The summed E-state index contributed by atoms with van der Waals surface area (Å²) in [6.45, 7) is 0.291. The summed E-state index contributed by atoms with van der Waals surface area (Å²) in [7, 11) is 0. The van der Waals surface area contributed by atoms with Gasteiger partial charge >= 0.3 is 0 Å². The third-order valence-electron chi connectivity index (χ3n) is 4.79. The second kappa shape index (κ2) is 8.04. The Hall–Kier alpha value is -2.97. The maximum Gasteiger partial charge on any atom is 0.247 e. The van der Waals surface area contributed by atoms with Crippen LogP contribution in [0.1, 0.15) is 24.4 Å². The lowest BCUT2D eigenvalue weighted by atomic mass is 10.2. The van der Waals surface area contributed by atoms with Crippen LogP contribution in [-0.4, -0.2) is 32.0 Å². The first-order chi connectivity index (χ1) is 14.7. The van der Waals surface area contributed by atoms with E-state index in [0.29, 0.717) is 29.1 Å². The first-order valence-corrected chi connectivity index (χ1v) is 10.8. The van der Waals surface area contributed by atoms with Crippen LogP contribution in [0.5, 0.6) is 0 Å². The zero-order valence-electron chi connectivity index (χ0n) is 15.8. The number of furan rings is 1. The summed E-state index contributed by atoms with van der Waals surface area (Å²) in [4.78, 5) is 19.3. The van der Waals surface area contributed by atoms with Crippen molar-refractivity contribution < 1.29 is 13.6 Å². The first-order valence-electron chi connectivity index (χ1n) is 9.52. The lowest BCUT2D eigenvalue weighted by Crippen LogP contribution is -2.34. The van der Waals surface area contributed by atoms with Crippen LogP contribution in [0.2, 0.25) is 5.02 Å². The van der Waals surface area contributed by atoms with Crippen LogP contribution in [0.3, 0.4) is 0 Å². The van der Waals surface area contributed by atoms with Crippen molar-refractivity contribution in [1.29, 1.82) is 0 Å². The Kier molecular flexibility index (Phi) is 5.10. The Morgan fingerprint density at radius 2 is 2.03 bits per heavy atom. The van der Waals surface area contributed by atoms with Gasteiger partial charge in [0.2, 0.25) is 17.7 Å². The molecule has 7 nitrogen and oxygen atoms in total. The molecule has 1 aliphatic carbocycles. The lowest BCUT2D eigenvalue weighted by Gasteiger charge is -2.20. The van der Waals surface area contributed by atoms with Crippen molar-refractivity contribution in [2.75, 3.05) is 0 Å². The van der Waals surface area contributed by atoms with Crippen molar-refractivity contribution in [3.8, 4) is 22.2 Å². The minimum atomic E-state index is 0.0000350. The second-order valence-electron chi connectivity index (χ2n) is 7.06. The molecule has 0 spiro atoms. The Morgan fingerprint density at radius 3 is 2.77 bits per heavy atom. The van der Waals surface area contributed by atoms with E-state index >= 15 is 0 Å². The molecule has 152 valence electrons. The number of halogens is 1. The van der Waals surface area contributed by atoms with Crippen molar-refractivity contribution in [2.45, 2.75) is 31.8 Å². The van der Waals surface area contributed by atoms with Crippen molar-refractivity contribution in [1.82, 2.24) is 20.1 Å². The molecule has 1 amide bonds. The Labute approximate surface area is 181 Å². The SMILES string of the molecule is O=C(Cc1csc(-c2ccco2)n1)N(Cc1nnc(-c2ccc(Cl)cc2)o1)C1CC1. The number of amides is 1. The largest absolute Gasteiger partial charge is 0.462 e. The molecular formula is C21H17ClN4O3S. The predicted octanol–water partition coefficient (Wildman–Crippen LogP) is 4.84. The van der Waals surface area contributed by atoms with Crippen molar-refractivity contribution in [2.24, 2.45) is 0 Å². The van der Waals surface area contributed by atoms with Crippen LogP contribution >= 0.6 is 22.9 Å². The maximum absolute atomic E-state index is 13.0. The first kappa shape index (κ1) is 19.0. The number of carbonyl (C=O) groups is 1. The molecule has 0 bridgehead atoms. The molecule has 1 fully saturated rings. The normalized spacial score (nSPS) is 13.5. The smallest absolute Gasteiger partial charge is 0.247 e. The highest BCUT2D eigenvalue weighted by Crippen LogP contribution is 2.30. The molecule has 1 aromatic carbocycles. The number of carbonyl (C=O) groups excluding carboxylic acids is 1. The molecule has 0 saturated heterocycles. The fourth-order valence-corrected chi connectivity index (χ4v) is 4.05. The third-order valence-corrected chi connectivity index (χ3v) is 5.95. The van der Waals surface area contributed by atoms with E-state index in [1.807, 2.05) is 34.5 Å². The molecule has 0 N–H and O–H groups in total. The van der Waals surface area contributed by atoms with Crippen LogP contribution in [0.4, 0.5) is 0 Å². The van der Waals surface area contributed by atoms with Gasteiger partial charge in [0.05, 0.1) is 24.9 Å². The number of hydrogen-bond donors (Lipinski definition) is 0. The topological polar surface area (TPSA) is 85.3 Å². The quantitative estimate of drug-likeness (QED) is 0.408. The van der Waals surface area contributed by atoms with E-state index < -0.39 is 0 Å². The van der Waals surface area contributed by atoms with E-state index in [1.54, 1.807) is 18.4 Å². The van der Waals surface area contributed by atoms with E-state index in [9.17, 15) is 4.79 Å². The third kappa shape index (κ3) is 4.15. The molecule has 3 aromatic heterocycles. The van der Waals surface area contributed by atoms with Crippen molar-refractivity contribution in [3.05, 3.63) is 64.6 Å². The van der Waals surface area contributed by atoms with Gasteiger partial charge in [0, 0.05) is 22.0 Å². The zero-order chi connectivity index (χ0) is 20.5. The van der Waals surface area contributed by atoms with Gasteiger partial charge in [-0.2, -0.15) is 0 Å². The van der Waals surface area contributed by atoms with Crippen LogP contribution in [-0.2, 0) is 17.8 Å². The predicted molar refractivity (Wildman–Crippen MR) is 112 cm³/mol. The fourth-order valence-electron chi connectivity index (χ4n) is 3.14. The van der Waals surface area contributed by atoms with E-state index in [0.717, 1.165) is 29.1 Å². The molecule has 1 aliphatic rings. The van der Waals surface area contributed by atoms with Gasteiger partial charge in [0.25, 0.3) is 0 Å². The average Bonchev–Trinajstić information content (AvgIpc) is 3.16. The number of aromatic nitrogens is 3. The summed E-state index contributed by atoms with van der Waals surface area (Å²) < 4.78 is 11.2. The Balaban J connectivity index is 1.28. The molecule has 4 aromatic rings. The van der Waals surface area contributed by atoms with E-state index in [1.165, 1.54) is 11.3 Å². The van der Waals surface area contributed by atoms with Gasteiger partial charge in [-0.25, -0.2) is 4.98 Å². The van der Waals surface area contributed by atoms with Crippen molar-refractivity contribution >= 4 is 28.8 Å². The lowest BCUT2D eigenvalue weighted by molar-refractivity contribution is -0.132. The van der Waals surface area contributed by atoms with Gasteiger partial charge in [-0.05, 0) is 49.2 Å². The summed E-state index contributed by atoms with van der Waals surface area (Å²) in [6.07, 6.45) is 3.81. The molecule has 5 rings (SSSR count). The Morgan fingerprint density at radius 1 is 1.20 bits per heavy atom. The van der Waals surface area contributed by atoms with Crippen LogP contribution in [0.15, 0.2) is 56.9 Å². The minimum Gasteiger partial charge on any atom is -0.462 e.